The van der Waals surface area contributed by atoms with Gasteiger partial charge in [0.1, 0.15) is 0 Å². The van der Waals surface area contributed by atoms with E-state index in [9.17, 15) is 4.79 Å². The highest BCUT2D eigenvalue weighted by atomic mass is 32.2. The van der Waals surface area contributed by atoms with Gasteiger partial charge < -0.3 is 9.73 Å². The van der Waals surface area contributed by atoms with Crippen LogP contribution in [0.1, 0.15) is 29.3 Å². The summed E-state index contributed by atoms with van der Waals surface area (Å²) in [6, 6.07) is 11.0. The molecule has 2 aromatic heterocycles. The van der Waals surface area contributed by atoms with E-state index in [0.717, 1.165) is 23.6 Å². The van der Waals surface area contributed by atoms with Crippen molar-refractivity contribution in [3.05, 3.63) is 46.3 Å². The molecule has 0 saturated heterocycles. The van der Waals surface area contributed by atoms with E-state index in [2.05, 4.69) is 28.5 Å². The number of fused-ring (bicyclic) bond motifs is 1. The van der Waals surface area contributed by atoms with Gasteiger partial charge in [-0.05, 0) is 55.0 Å². The second kappa shape index (κ2) is 8.17. The lowest BCUT2D eigenvalue weighted by molar-refractivity contribution is -0.113. The van der Waals surface area contributed by atoms with Gasteiger partial charge >= 0.3 is 0 Å². The van der Waals surface area contributed by atoms with Crippen molar-refractivity contribution in [3.8, 4) is 16.8 Å². The number of carbonyl (C=O) groups excluding carboxylic acids is 1. The van der Waals surface area contributed by atoms with Crippen LogP contribution in [0.5, 0.6) is 0 Å². The number of aromatic nitrogens is 2. The van der Waals surface area contributed by atoms with E-state index in [1.54, 1.807) is 35.6 Å². The molecule has 1 N–H and O–H groups in total. The van der Waals surface area contributed by atoms with Crippen molar-refractivity contribution in [2.45, 2.75) is 31.4 Å². The van der Waals surface area contributed by atoms with Crippen molar-refractivity contribution in [1.82, 2.24) is 10.2 Å². The highest BCUT2D eigenvalue weighted by Crippen LogP contribution is 2.37. The maximum atomic E-state index is 12.1. The monoisotopic (exact) mass is 410 g/mol. The van der Waals surface area contributed by atoms with Gasteiger partial charge in [-0.1, -0.05) is 24.8 Å². The Hall–Kier alpha value is -2.63. The summed E-state index contributed by atoms with van der Waals surface area (Å²) in [4.78, 5) is 14.5. The lowest BCUT2D eigenvalue weighted by Gasteiger charge is -2.16. The van der Waals surface area contributed by atoms with Crippen LogP contribution in [-0.2, 0) is 17.6 Å². The van der Waals surface area contributed by atoms with E-state index in [-0.39, 0.29) is 11.7 Å². The molecule has 2 heterocycles. The first kappa shape index (κ1) is 18.7. The third-order valence-corrected chi connectivity index (χ3v) is 6.59. The molecule has 0 saturated carbocycles. The lowest BCUT2D eigenvalue weighted by atomic mass is 9.90. The van der Waals surface area contributed by atoms with Gasteiger partial charge in [-0.15, -0.1) is 21.5 Å². The van der Waals surface area contributed by atoms with Gasteiger partial charge in [-0.3, -0.25) is 4.79 Å². The van der Waals surface area contributed by atoms with Crippen LogP contribution in [-0.4, -0.2) is 21.9 Å². The number of aryl methyl sites for hydroxylation is 1. The third-order valence-electron chi connectivity index (χ3n) is 4.55. The molecule has 0 aliphatic heterocycles. The Morgan fingerprint density at radius 2 is 2.32 bits per heavy atom. The molecule has 1 atom stereocenters. The second-order valence-corrected chi connectivity index (χ2v) is 8.87. The van der Waals surface area contributed by atoms with Crippen molar-refractivity contribution in [3.63, 3.8) is 0 Å². The number of rotatable bonds is 5. The smallest absolute Gasteiger partial charge is 0.277 e. The molecule has 0 fully saturated rings. The molecular weight excluding hydrogens is 392 g/mol. The molecule has 1 aromatic carbocycles. The SMILES string of the molecule is C[C@H]1CCc2sc(-c3nnc(SCC(=O)Nc4cccc(C#N)c4)o3)cc2C1. The molecule has 1 aliphatic rings. The van der Waals surface area contributed by atoms with Crippen LogP contribution in [0.4, 0.5) is 5.69 Å². The molecule has 0 radical (unpaired) electrons. The number of amides is 1. The van der Waals surface area contributed by atoms with Crippen molar-refractivity contribution in [1.29, 1.82) is 5.26 Å². The minimum absolute atomic E-state index is 0.150. The van der Waals surface area contributed by atoms with E-state index in [4.69, 9.17) is 9.68 Å². The predicted molar refractivity (Wildman–Crippen MR) is 109 cm³/mol. The Bertz CT molecular complexity index is 1050. The largest absolute Gasteiger partial charge is 0.410 e. The van der Waals surface area contributed by atoms with Gasteiger partial charge in [0, 0.05) is 10.6 Å². The molecule has 1 aliphatic carbocycles. The van der Waals surface area contributed by atoms with E-state index in [0.29, 0.717) is 22.4 Å². The number of carbonyl (C=O) groups is 1. The molecular formula is C20H18N4O2S2. The maximum absolute atomic E-state index is 12.1. The topological polar surface area (TPSA) is 91.8 Å². The second-order valence-electron chi connectivity index (χ2n) is 6.81. The van der Waals surface area contributed by atoms with Crippen LogP contribution in [0.15, 0.2) is 40.0 Å². The summed E-state index contributed by atoms with van der Waals surface area (Å²) in [6.07, 6.45) is 3.45. The fourth-order valence-electron chi connectivity index (χ4n) is 3.17. The Labute approximate surface area is 171 Å². The average Bonchev–Trinajstić information content (AvgIpc) is 3.33. The van der Waals surface area contributed by atoms with Crippen LogP contribution in [0.2, 0.25) is 0 Å². The van der Waals surface area contributed by atoms with Gasteiger partial charge in [0.25, 0.3) is 11.1 Å². The number of nitrogens with one attached hydrogen (secondary N) is 1. The Balaban J connectivity index is 1.36. The van der Waals surface area contributed by atoms with Crippen LogP contribution >= 0.6 is 23.1 Å². The number of nitriles is 1. The third kappa shape index (κ3) is 4.26. The molecule has 1 amide bonds. The van der Waals surface area contributed by atoms with Gasteiger partial charge in [-0.25, -0.2) is 0 Å². The van der Waals surface area contributed by atoms with Crippen LogP contribution in [0.3, 0.4) is 0 Å². The number of hydrogen-bond donors (Lipinski definition) is 1. The summed E-state index contributed by atoms with van der Waals surface area (Å²) in [6.45, 7) is 2.28. The first-order valence-electron chi connectivity index (χ1n) is 8.99. The van der Waals surface area contributed by atoms with Gasteiger partial charge in [0.2, 0.25) is 5.91 Å². The van der Waals surface area contributed by atoms with E-state index in [1.807, 2.05) is 6.07 Å². The zero-order valence-corrected chi connectivity index (χ0v) is 16.9. The average molecular weight is 411 g/mol. The molecule has 8 heteroatoms. The van der Waals surface area contributed by atoms with Crippen molar-refractivity contribution in [2.24, 2.45) is 5.92 Å². The molecule has 142 valence electrons. The molecule has 3 aromatic rings. The zero-order valence-electron chi connectivity index (χ0n) is 15.3. The molecule has 0 unspecified atom stereocenters. The summed E-state index contributed by atoms with van der Waals surface area (Å²) in [5.74, 6) is 1.19. The number of nitrogens with zero attached hydrogens (tertiary/aromatic N) is 3. The van der Waals surface area contributed by atoms with E-state index in [1.165, 1.54) is 28.6 Å². The summed E-state index contributed by atoms with van der Waals surface area (Å²) in [5.41, 5.74) is 2.49. The van der Waals surface area contributed by atoms with Gasteiger partial charge in [-0.2, -0.15) is 5.26 Å². The fourth-order valence-corrected chi connectivity index (χ4v) is 4.86. The minimum atomic E-state index is -0.194. The normalized spacial score (nSPS) is 15.6. The molecule has 0 spiro atoms. The predicted octanol–water partition coefficient (Wildman–Crippen LogP) is 4.53. The number of thioether (sulfide) groups is 1. The van der Waals surface area contributed by atoms with Gasteiger partial charge in [0.15, 0.2) is 0 Å². The highest BCUT2D eigenvalue weighted by molar-refractivity contribution is 7.99. The Morgan fingerprint density at radius 3 is 3.18 bits per heavy atom. The van der Waals surface area contributed by atoms with E-state index < -0.39 is 0 Å². The quantitative estimate of drug-likeness (QED) is 0.622. The summed E-state index contributed by atoms with van der Waals surface area (Å²) < 4.78 is 5.74. The molecule has 0 bridgehead atoms. The molecule has 6 nitrogen and oxygen atoms in total. The number of anilines is 1. The van der Waals surface area contributed by atoms with Crippen LogP contribution in [0.25, 0.3) is 10.8 Å². The van der Waals surface area contributed by atoms with Crippen LogP contribution in [0, 0.1) is 17.2 Å². The standard InChI is InChI=1S/C20H18N4O2S2/c1-12-5-6-16-14(7-12)9-17(28-16)19-23-24-20(26-19)27-11-18(25)22-15-4-2-3-13(8-15)10-21/h2-4,8-9,12H,5-7,11H2,1H3,(H,22,25)/t12-/m0/s1. The van der Waals surface area contributed by atoms with Crippen molar-refractivity contribution in [2.75, 3.05) is 11.1 Å². The highest BCUT2D eigenvalue weighted by Gasteiger charge is 2.21. The van der Waals surface area contributed by atoms with Crippen LogP contribution < -0.4 is 5.32 Å². The molecule has 4 rings (SSSR count). The number of hydrogen-bond acceptors (Lipinski definition) is 7. The fraction of sp³-hybridized carbons (Fsp3) is 0.300. The summed E-state index contributed by atoms with van der Waals surface area (Å²) in [5, 5.41) is 20.2. The number of thiophene rings is 1. The Morgan fingerprint density at radius 1 is 1.43 bits per heavy atom. The summed E-state index contributed by atoms with van der Waals surface area (Å²) in [7, 11) is 0. The Kier molecular flexibility index (Phi) is 5.46. The minimum Gasteiger partial charge on any atom is -0.410 e. The van der Waals surface area contributed by atoms with Crippen molar-refractivity contribution < 1.29 is 9.21 Å². The summed E-state index contributed by atoms with van der Waals surface area (Å²) >= 11 is 2.92. The maximum Gasteiger partial charge on any atom is 0.277 e. The van der Waals surface area contributed by atoms with E-state index >= 15 is 0 Å². The first-order valence-corrected chi connectivity index (χ1v) is 10.8. The lowest BCUT2D eigenvalue weighted by Crippen LogP contribution is -2.14. The zero-order chi connectivity index (χ0) is 19.5. The first-order chi connectivity index (χ1) is 13.6. The number of benzene rings is 1. The molecule has 28 heavy (non-hydrogen) atoms. The van der Waals surface area contributed by atoms with Crippen molar-refractivity contribution >= 4 is 34.7 Å². The van der Waals surface area contributed by atoms with Gasteiger partial charge in [0.05, 0.1) is 22.3 Å².